The summed E-state index contributed by atoms with van der Waals surface area (Å²) in [6.07, 6.45) is 1.24. The summed E-state index contributed by atoms with van der Waals surface area (Å²) in [7, 11) is 0. The van der Waals surface area contributed by atoms with Crippen molar-refractivity contribution in [2.75, 3.05) is 23.4 Å². The average Bonchev–Trinajstić information content (AvgIpc) is 2.90. The van der Waals surface area contributed by atoms with Gasteiger partial charge in [-0.25, -0.2) is 0 Å². The molecule has 2 heterocycles. The quantitative estimate of drug-likeness (QED) is 0.808. The predicted octanol–water partition coefficient (Wildman–Crippen LogP) is 1.15. The highest BCUT2D eigenvalue weighted by atomic mass is 16.5. The van der Waals surface area contributed by atoms with Gasteiger partial charge in [0.1, 0.15) is 12.6 Å². The minimum absolute atomic E-state index is 0.0652. The maximum absolute atomic E-state index is 12.3. The van der Waals surface area contributed by atoms with Crippen molar-refractivity contribution >= 4 is 23.2 Å². The highest BCUT2D eigenvalue weighted by Gasteiger charge is 2.33. The molecular weight excluding hydrogens is 232 g/mol. The van der Waals surface area contributed by atoms with E-state index >= 15 is 0 Å². The van der Waals surface area contributed by atoms with Crippen LogP contribution in [0.4, 0.5) is 11.4 Å². The number of carbonyl (C=O) groups is 2. The fraction of sp³-hybridized carbons (Fsp3) is 0.385. The standard InChI is InChI=1S/C13H14N2O3/c16-12-8-15(13(17)11-6-3-7-18-11)10-5-2-1-4-9(10)14-12/h1-2,4-5,11H,3,6-8H2,(H,14,16)/t11-/m1/s1. The average molecular weight is 246 g/mol. The van der Waals surface area contributed by atoms with Gasteiger partial charge in [0.25, 0.3) is 5.91 Å². The number of ether oxygens (including phenoxy) is 1. The van der Waals surface area contributed by atoms with Crippen molar-refractivity contribution in [2.45, 2.75) is 18.9 Å². The number of hydrogen-bond donors (Lipinski definition) is 1. The number of anilines is 2. The third-order valence-electron chi connectivity index (χ3n) is 3.24. The molecule has 94 valence electrons. The molecule has 0 radical (unpaired) electrons. The van der Waals surface area contributed by atoms with Crippen LogP contribution in [0, 0.1) is 0 Å². The fourth-order valence-corrected chi connectivity index (χ4v) is 2.38. The van der Waals surface area contributed by atoms with E-state index in [1.54, 1.807) is 6.07 Å². The van der Waals surface area contributed by atoms with Crippen molar-refractivity contribution in [3.8, 4) is 0 Å². The second-order valence-corrected chi connectivity index (χ2v) is 4.49. The Balaban J connectivity index is 1.92. The van der Waals surface area contributed by atoms with E-state index in [0.717, 1.165) is 18.5 Å². The molecule has 2 amide bonds. The number of carbonyl (C=O) groups excluding carboxylic acids is 2. The number of nitrogens with zero attached hydrogens (tertiary/aromatic N) is 1. The van der Waals surface area contributed by atoms with Crippen LogP contribution in [0.15, 0.2) is 24.3 Å². The molecule has 1 saturated heterocycles. The Hall–Kier alpha value is -1.88. The number of fused-ring (bicyclic) bond motifs is 1. The van der Waals surface area contributed by atoms with Crippen molar-refractivity contribution < 1.29 is 14.3 Å². The molecule has 1 fully saturated rings. The maximum Gasteiger partial charge on any atom is 0.256 e. The van der Waals surface area contributed by atoms with E-state index in [1.165, 1.54) is 4.90 Å². The molecule has 2 aliphatic heterocycles. The van der Waals surface area contributed by atoms with Crippen LogP contribution in [0.3, 0.4) is 0 Å². The molecule has 0 spiro atoms. The van der Waals surface area contributed by atoms with E-state index in [2.05, 4.69) is 5.32 Å². The molecule has 1 N–H and O–H groups in total. The number of para-hydroxylation sites is 2. The summed E-state index contributed by atoms with van der Waals surface area (Å²) in [5.41, 5.74) is 1.43. The van der Waals surface area contributed by atoms with Gasteiger partial charge in [0.2, 0.25) is 5.91 Å². The Morgan fingerprint density at radius 2 is 2.22 bits per heavy atom. The van der Waals surface area contributed by atoms with Gasteiger partial charge >= 0.3 is 0 Å². The van der Waals surface area contributed by atoms with Crippen LogP contribution in [-0.4, -0.2) is 31.1 Å². The van der Waals surface area contributed by atoms with Gasteiger partial charge in [0.15, 0.2) is 0 Å². The van der Waals surface area contributed by atoms with Crippen LogP contribution >= 0.6 is 0 Å². The molecule has 5 heteroatoms. The molecule has 2 aliphatic rings. The topological polar surface area (TPSA) is 58.6 Å². The van der Waals surface area contributed by atoms with Crippen LogP contribution in [0.1, 0.15) is 12.8 Å². The summed E-state index contributed by atoms with van der Waals surface area (Å²) in [6.45, 7) is 0.688. The number of nitrogens with one attached hydrogen (secondary N) is 1. The second kappa shape index (κ2) is 4.42. The first kappa shape index (κ1) is 11.2. The highest BCUT2D eigenvalue weighted by molar-refractivity contribution is 6.10. The SMILES string of the molecule is O=C1CN(C(=O)[C@H]2CCCO2)c2ccccc2N1. The Bertz CT molecular complexity index is 495. The normalized spacial score (nSPS) is 22.6. The lowest BCUT2D eigenvalue weighted by atomic mass is 10.1. The summed E-state index contributed by atoms with van der Waals surface area (Å²) >= 11 is 0. The number of benzene rings is 1. The molecule has 3 rings (SSSR count). The van der Waals surface area contributed by atoms with E-state index in [4.69, 9.17) is 4.74 Å². The first-order valence-electron chi connectivity index (χ1n) is 6.07. The lowest BCUT2D eigenvalue weighted by Gasteiger charge is -2.30. The van der Waals surface area contributed by atoms with Gasteiger partial charge in [0.05, 0.1) is 11.4 Å². The van der Waals surface area contributed by atoms with Crippen LogP contribution in [0.5, 0.6) is 0 Å². The molecule has 0 unspecified atom stereocenters. The van der Waals surface area contributed by atoms with E-state index in [-0.39, 0.29) is 18.4 Å². The Labute approximate surface area is 105 Å². The predicted molar refractivity (Wildman–Crippen MR) is 66.4 cm³/mol. The molecule has 1 aromatic rings. The summed E-state index contributed by atoms with van der Waals surface area (Å²) in [5, 5.41) is 2.76. The largest absolute Gasteiger partial charge is 0.368 e. The van der Waals surface area contributed by atoms with Crippen LogP contribution in [0.25, 0.3) is 0 Å². The van der Waals surface area contributed by atoms with Crippen molar-refractivity contribution in [2.24, 2.45) is 0 Å². The van der Waals surface area contributed by atoms with Gasteiger partial charge in [-0.05, 0) is 25.0 Å². The molecule has 1 aromatic carbocycles. The zero-order valence-corrected chi connectivity index (χ0v) is 9.89. The summed E-state index contributed by atoms with van der Waals surface area (Å²) < 4.78 is 5.40. The zero-order chi connectivity index (χ0) is 12.5. The molecule has 0 aliphatic carbocycles. The molecule has 18 heavy (non-hydrogen) atoms. The fourth-order valence-electron chi connectivity index (χ4n) is 2.38. The van der Waals surface area contributed by atoms with Crippen molar-refractivity contribution in [3.05, 3.63) is 24.3 Å². The Morgan fingerprint density at radius 1 is 1.39 bits per heavy atom. The van der Waals surface area contributed by atoms with E-state index in [1.807, 2.05) is 18.2 Å². The van der Waals surface area contributed by atoms with Gasteiger partial charge < -0.3 is 10.1 Å². The maximum atomic E-state index is 12.3. The van der Waals surface area contributed by atoms with Gasteiger partial charge in [-0.1, -0.05) is 12.1 Å². The van der Waals surface area contributed by atoms with E-state index < -0.39 is 6.10 Å². The molecule has 1 atom stereocenters. The zero-order valence-electron chi connectivity index (χ0n) is 9.89. The monoisotopic (exact) mass is 246 g/mol. The first-order chi connectivity index (χ1) is 8.75. The number of rotatable bonds is 1. The van der Waals surface area contributed by atoms with E-state index in [9.17, 15) is 9.59 Å². The van der Waals surface area contributed by atoms with Gasteiger partial charge in [-0.3, -0.25) is 14.5 Å². The molecule has 0 aromatic heterocycles. The number of hydrogen-bond acceptors (Lipinski definition) is 3. The van der Waals surface area contributed by atoms with Crippen LogP contribution < -0.4 is 10.2 Å². The van der Waals surface area contributed by atoms with Crippen molar-refractivity contribution in [3.63, 3.8) is 0 Å². The summed E-state index contributed by atoms with van der Waals surface area (Å²) in [4.78, 5) is 25.5. The smallest absolute Gasteiger partial charge is 0.256 e. The highest BCUT2D eigenvalue weighted by Crippen LogP contribution is 2.30. The first-order valence-corrected chi connectivity index (χ1v) is 6.07. The molecule has 0 saturated carbocycles. The molecule has 5 nitrogen and oxygen atoms in total. The van der Waals surface area contributed by atoms with Crippen LogP contribution in [-0.2, 0) is 14.3 Å². The lowest BCUT2D eigenvalue weighted by Crippen LogP contribution is -2.46. The van der Waals surface area contributed by atoms with Gasteiger partial charge in [-0.2, -0.15) is 0 Å². The minimum atomic E-state index is -0.399. The minimum Gasteiger partial charge on any atom is -0.368 e. The van der Waals surface area contributed by atoms with Gasteiger partial charge in [-0.15, -0.1) is 0 Å². The summed E-state index contributed by atoms with van der Waals surface area (Å²) in [6, 6.07) is 7.31. The van der Waals surface area contributed by atoms with Crippen molar-refractivity contribution in [1.29, 1.82) is 0 Å². The Morgan fingerprint density at radius 3 is 3.00 bits per heavy atom. The number of amides is 2. The third-order valence-corrected chi connectivity index (χ3v) is 3.24. The molecular formula is C13H14N2O3. The van der Waals surface area contributed by atoms with Crippen molar-refractivity contribution in [1.82, 2.24) is 0 Å². The van der Waals surface area contributed by atoms with Crippen LogP contribution in [0.2, 0.25) is 0 Å². The van der Waals surface area contributed by atoms with Gasteiger partial charge in [0, 0.05) is 6.61 Å². The Kier molecular flexibility index (Phi) is 2.76. The van der Waals surface area contributed by atoms with E-state index in [0.29, 0.717) is 12.3 Å². The molecule has 0 bridgehead atoms. The second-order valence-electron chi connectivity index (χ2n) is 4.49. The third kappa shape index (κ3) is 1.86. The lowest BCUT2D eigenvalue weighted by molar-refractivity contribution is -0.128. The summed E-state index contributed by atoms with van der Waals surface area (Å²) in [5.74, 6) is -0.283.